The molecule has 22 heavy (non-hydrogen) atoms. The normalized spacial score (nSPS) is 14.8. The summed E-state index contributed by atoms with van der Waals surface area (Å²) < 4.78 is 19.9. The van der Waals surface area contributed by atoms with E-state index in [-0.39, 0.29) is 0 Å². The zero-order valence-electron chi connectivity index (χ0n) is 12.4. The van der Waals surface area contributed by atoms with Crippen LogP contribution in [-0.2, 0) is 13.0 Å². The number of benzene rings is 2. The van der Waals surface area contributed by atoms with Gasteiger partial charge in [0.15, 0.2) is 0 Å². The van der Waals surface area contributed by atoms with Crippen molar-refractivity contribution in [2.75, 3.05) is 6.54 Å². The zero-order chi connectivity index (χ0) is 15.5. The minimum Gasteiger partial charge on any atom is -0.486 e. The zero-order valence-corrected chi connectivity index (χ0v) is 12.4. The van der Waals surface area contributed by atoms with Crippen molar-refractivity contribution in [2.45, 2.75) is 26.0 Å². The number of halogens is 1. The summed E-state index contributed by atoms with van der Waals surface area (Å²) in [4.78, 5) is 0. The predicted molar refractivity (Wildman–Crippen MR) is 82.0 cm³/mol. The third-order valence-electron chi connectivity index (χ3n) is 3.94. The first kappa shape index (κ1) is 14.6. The molecule has 4 heteroatoms. The van der Waals surface area contributed by atoms with E-state index >= 15 is 0 Å². The molecule has 0 radical (unpaired) electrons. The lowest BCUT2D eigenvalue weighted by molar-refractivity contribution is 0.221. The van der Waals surface area contributed by atoms with Crippen LogP contribution in [0.5, 0.6) is 5.75 Å². The molecule has 1 aliphatic heterocycles. The van der Waals surface area contributed by atoms with E-state index < -0.39 is 11.9 Å². The maximum atomic E-state index is 14.0. The number of nitrogens with zero attached hydrogens (tertiary/aromatic N) is 1. The molecule has 0 fully saturated rings. The van der Waals surface area contributed by atoms with E-state index in [0.717, 1.165) is 25.3 Å². The number of rotatable bonds is 3. The minimum atomic E-state index is -0.414. The molecule has 3 rings (SSSR count). The van der Waals surface area contributed by atoms with E-state index in [2.05, 4.69) is 11.4 Å². The molecule has 112 valence electrons. The van der Waals surface area contributed by atoms with Gasteiger partial charge in [0.2, 0.25) is 0 Å². The Morgan fingerprint density at radius 3 is 2.86 bits per heavy atom. The molecule has 2 aromatic rings. The molecule has 0 aliphatic carbocycles. The largest absolute Gasteiger partial charge is 0.486 e. The minimum absolute atomic E-state index is 0.313. The van der Waals surface area contributed by atoms with E-state index in [0.29, 0.717) is 11.1 Å². The Labute approximate surface area is 129 Å². The van der Waals surface area contributed by atoms with Crippen LogP contribution in [0.4, 0.5) is 4.39 Å². The Kier molecular flexibility index (Phi) is 4.08. The van der Waals surface area contributed by atoms with Gasteiger partial charge in [0.1, 0.15) is 17.7 Å². The first-order valence-electron chi connectivity index (χ1n) is 7.36. The standard InChI is InChI=1S/C18H17FN2O/c1-12(17-5-2-13(10-20)8-18(17)19)22-16-4-3-14-6-7-21-11-15(14)9-16/h2-5,8-9,12,21H,6-7,11H2,1H3. The van der Waals surface area contributed by atoms with Crippen molar-refractivity contribution >= 4 is 0 Å². The summed E-state index contributed by atoms with van der Waals surface area (Å²) in [6.07, 6.45) is 0.609. The molecular formula is C18H17FN2O. The van der Waals surface area contributed by atoms with Gasteiger partial charge >= 0.3 is 0 Å². The average molecular weight is 296 g/mol. The van der Waals surface area contributed by atoms with Crippen LogP contribution in [0, 0.1) is 17.1 Å². The highest BCUT2D eigenvalue weighted by Crippen LogP contribution is 2.27. The first-order chi connectivity index (χ1) is 10.7. The van der Waals surface area contributed by atoms with E-state index in [1.165, 1.54) is 17.2 Å². The van der Waals surface area contributed by atoms with Crippen molar-refractivity contribution in [2.24, 2.45) is 0 Å². The molecule has 1 atom stereocenters. The molecule has 0 aromatic heterocycles. The number of hydrogen-bond donors (Lipinski definition) is 1. The van der Waals surface area contributed by atoms with Gasteiger partial charge in [-0.05, 0) is 55.3 Å². The number of nitriles is 1. The first-order valence-corrected chi connectivity index (χ1v) is 7.36. The third-order valence-corrected chi connectivity index (χ3v) is 3.94. The molecule has 1 N–H and O–H groups in total. The SMILES string of the molecule is CC(Oc1ccc2c(c1)CNCC2)c1ccc(C#N)cc1F. The summed E-state index contributed by atoms with van der Waals surface area (Å²) in [6.45, 7) is 3.65. The fraction of sp³-hybridized carbons (Fsp3) is 0.278. The molecule has 0 spiro atoms. The fourth-order valence-corrected chi connectivity index (χ4v) is 2.72. The number of hydrogen-bond acceptors (Lipinski definition) is 3. The van der Waals surface area contributed by atoms with Crippen molar-refractivity contribution in [3.05, 3.63) is 64.5 Å². The molecule has 0 bridgehead atoms. The van der Waals surface area contributed by atoms with Crippen molar-refractivity contribution in [3.8, 4) is 11.8 Å². The lowest BCUT2D eigenvalue weighted by Gasteiger charge is -2.20. The van der Waals surface area contributed by atoms with E-state index in [9.17, 15) is 4.39 Å². The van der Waals surface area contributed by atoms with Crippen LogP contribution in [0.2, 0.25) is 0 Å². The molecule has 3 nitrogen and oxygen atoms in total. The highest BCUT2D eigenvalue weighted by molar-refractivity contribution is 5.38. The van der Waals surface area contributed by atoms with Gasteiger partial charge in [-0.25, -0.2) is 4.39 Å². The van der Waals surface area contributed by atoms with Crippen LogP contribution in [0.15, 0.2) is 36.4 Å². The van der Waals surface area contributed by atoms with E-state index in [4.69, 9.17) is 10.00 Å². The summed E-state index contributed by atoms with van der Waals surface area (Å²) in [5.41, 5.74) is 3.34. The Morgan fingerprint density at radius 1 is 1.23 bits per heavy atom. The van der Waals surface area contributed by atoms with Gasteiger partial charge in [-0.2, -0.15) is 5.26 Å². The van der Waals surface area contributed by atoms with Crippen molar-refractivity contribution in [3.63, 3.8) is 0 Å². The van der Waals surface area contributed by atoms with E-state index in [1.807, 2.05) is 25.1 Å². The fourth-order valence-electron chi connectivity index (χ4n) is 2.72. The van der Waals surface area contributed by atoms with Gasteiger partial charge in [0.25, 0.3) is 0 Å². The average Bonchev–Trinajstić information content (AvgIpc) is 2.54. The second-order valence-electron chi connectivity index (χ2n) is 5.47. The second-order valence-corrected chi connectivity index (χ2v) is 5.47. The van der Waals surface area contributed by atoms with Crippen LogP contribution in [-0.4, -0.2) is 6.54 Å². The molecule has 1 unspecified atom stereocenters. The Bertz CT molecular complexity index is 736. The van der Waals surface area contributed by atoms with Gasteiger partial charge in [-0.3, -0.25) is 0 Å². The molecule has 0 saturated carbocycles. The maximum absolute atomic E-state index is 14.0. The van der Waals surface area contributed by atoms with Crippen LogP contribution in [0.1, 0.15) is 35.3 Å². The highest BCUT2D eigenvalue weighted by Gasteiger charge is 2.15. The van der Waals surface area contributed by atoms with Crippen molar-refractivity contribution < 1.29 is 9.13 Å². The van der Waals surface area contributed by atoms with Crippen LogP contribution < -0.4 is 10.1 Å². The predicted octanol–water partition coefficient (Wildman–Crippen LogP) is 3.48. The summed E-state index contributed by atoms with van der Waals surface area (Å²) >= 11 is 0. The highest BCUT2D eigenvalue weighted by atomic mass is 19.1. The molecule has 2 aromatic carbocycles. The van der Waals surface area contributed by atoms with Crippen LogP contribution >= 0.6 is 0 Å². The van der Waals surface area contributed by atoms with Gasteiger partial charge in [0, 0.05) is 12.1 Å². The molecule has 1 aliphatic rings. The Morgan fingerprint density at radius 2 is 2.09 bits per heavy atom. The Hall–Kier alpha value is -2.38. The van der Waals surface area contributed by atoms with Crippen molar-refractivity contribution in [1.29, 1.82) is 5.26 Å². The van der Waals surface area contributed by atoms with Crippen molar-refractivity contribution in [1.82, 2.24) is 5.32 Å². The summed E-state index contributed by atoms with van der Waals surface area (Å²) in [6, 6.07) is 12.4. The Balaban J connectivity index is 1.79. The van der Waals surface area contributed by atoms with Gasteiger partial charge < -0.3 is 10.1 Å². The second kappa shape index (κ2) is 6.17. The van der Waals surface area contributed by atoms with Gasteiger partial charge in [-0.1, -0.05) is 12.1 Å². The molecule has 0 amide bonds. The van der Waals surface area contributed by atoms with Crippen LogP contribution in [0.3, 0.4) is 0 Å². The molecular weight excluding hydrogens is 279 g/mol. The summed E-state index contributed by atoms with van der Waals surface area (Å²) in [7, 11) is 0. The lowest BCUT2D eigenvalue weighted by atomic mass is 10.0. The van der Waals surface area contributed by atoms with Gasteiger partial charge in [-0.15, -0.1) is 0 Å². The lowest BCUT2D eigenvalue weighted by Crippen LogP contribution is -2.23. The van der Waals surface area contributed by atoms with Gasteiger partial charge in [0.05, 0.1) is 11.6 Å². The number of fused-ring (bicyclic) bond motifs is 1. The third kappa shape index (κ3) is 2.95. The molecule has 1 heterocycles. The smallest absolute Gasteiger partial charge is 0.131 e. The number of nitrogens with one attached hydrogen (secondary N) is 1. The number of ether oxygens (including phenoxy) is 1. The summed E-state index contributed by atoms with van der Waals surface area (Å²) in [5, 5.41) is 12.1. The summed E-state index contributed by atoms with van der Waals surface area (Å²) in [5.74, 6) is 0.324. The van der Waals surface area contributed by atoms with Crippen LogP contribution in [0.25, 0.3) is 0 Å². The molecule has 0 saturated heterocycles. The monoisotopic (exact) mass is 296 g/mol. The quantitative estimate of drug-likeness (QED) is 0.943. The maximum Gasteiger partial charge on any atom is 0.131 e. The van der Waals surface area contributed by atoms with E-state index in [1.54, 1.807) is 12.1 Å². The topological polar surface area (TPSA) is 45.0 Å².